The molecule has 3 aromatic rings. The number of anilines is 1. The first-order valence-corrected chi connectivity index (χ1v) is 10.9. The third-order valence-corrected chi connectivity index (χ3v) is 6.17. The fourth-order valence-electron chi connectivity index (χ4n) is 4.34. The first kappa shape index (κ1) is 21.8. The lowest BCUT2D eigenvalue weighted by Gasteiger charge is -2.33. The van der Waals surface area contributed by atoms with Crippen LogP contribution in [-0.4, -0.2) is 27.6 Å². The average Bonchev–Trinajstić information content (AvgIpc) is 3.01. The highest BCUT2D eigenvalue weighted by Gasteiger charge is 2.41. The first-order valence-electron chi connectivity index (χ1n) is 10.9. The quantitative estimate of drug-likeness (QED) is 0.653. The van der Waals surface area contributed by atoms with Crippen molar-refractivity contribution in [1.82, 2.24) is 15.1 Å². The summed E-state index contributed by atoms with van der Waals surface area (Å²) < 4.78 is 1.69. The second kappa shape index (κ2) is 7.93. The molecule has 0 fully saturated rings. The van der Waals surface area contributed by atoms with Crippen LogP contribution in [0.1, 0.15) is 65.0 Å². The van der Waals surface area contributed by atoms with Gasteiger partial charge in [-0.25, -0.2) is 0 Å². The Labute approximate surface area is 189 Å². The van der Waals surface area contributed by atoms with E-state index in [-0.39, 0.29) is 23.1 Å². The lowest BCUT2D eigenvalue weighted by atomic mass is 9.80. The minimum absolute atomic E-state index is 0.0247. The van der Waals surface area contributed by atoms with Crippen molar-refractivity contribution in [2.24, 2.45) is 7.05 Å². The monoisotopic (exact) mass is 430 g/mol. The van der Waals surface area contributed by atoms with Crippen molar-refractivity contribution in [3.8, 4) is 0 Å². The summed E-state index contributed by atoms with van der Waals surface area (Å²) >= 11 is 0. The zero-order valence-electron chi connectivity index (χ0n) is 19.5. The van der Waals surface area contributed by atoms with E-state index in [9.17, 15) is 9.59 Å². The van der Waals surface area contributed by atoms with E-state index in [1.165, 1.54) is 5.56 Å². The summed E-state index contributed by atoms with van der Waals surface area (Å²) in [7, 11) is 1.82. The van der Waals surface area contributed by atoms with Crippen molar-refractivity contribution >= 4 is 17.6 Å². The van der Waals surface area contributed by atoms with Crippen molar-refractivity contribution in [2.75, 3.05) is 5.32 Å². The summed E-state index contributed by atoms with van der Waals surface area (Å²) in [5, 5.41) is 10.5. The van der Waals surface area contributed by atoms with Crippen LogP contribution in [0.2, 0.25) is 0 Å². The van der Waals surface area contributed by atoms with Crippen LogP contribution in [0, 0.1) is 13.8 Å². The smallest absolute Gasteiger partial charge is 0.251 e. The van der Waals surface area contributed by atoms with Crippen LogP contribution in [0.4, 0.5) is 5.82 Å². The molecule has 0 radical (unpaired) electrons. The van der Waals surface area contributed by atoms with E-state index in [0.717, 1.165) is 22.4 Å². The minimum Gasteiger partial charge on any atom is -0.339 e. The Bertz CT molecular complexity index is 1170. The van der Waals surface area contributed by atoms with Gasteiger partial charge >= 0.3 is 0 Å². The highest BCUT2D eigenvalue weighted by atomic mass is 16.2. The molecule has 0 spiro atoms. The molecule has 2 atom stereocenters. The van der Waals surface area contributed by atoms with Gasteiger partial charge in [-0.1, -0.05) is 62.7 Å². The normalized spacial score (nSPS) is 18.1. The summed E-state index contributed by atoms with van der Waals surface area (Å²) in [5.41, 5.74) is 5.58. The highest BCUT2D eigenvalue weighted by Crippen LogP contribution is 2.39. The Hall–Kier alpha value is -3.41. The molecular weight excluding hydrogens is 400 g/mol. The van der Waals surface area contributed by atoms with E-state index in [2.05, 4.69) is 60.8 Å². The number of aryl methyl sites for hydroxylation is 3. The lowest BCUT2D eigenvalue weighted by Crippen LogP contribution is -2.50. The number of benzene rings is 2. The second-order valence-electron chi connectivity index (χ2n) is 9.63. The highest BCUT2D eigenvalue weighted by molar-refractivity contribution is 6.03. The summed E-state index contributed by atoms with van der Waals surface area (Å²) in [6.45, 7) is 10.4. The molecule has 2 amide bonds. The Kier molecular flexibility index (Phi) is 5.41. The molecule has 1 aliphatic rings. The molecule has 1 aliphatic heterocycles. The van der Waals surface area contributed by atoms with Gasteiger partial charge in [-0.15, -0.1) is 0 Å². The largest absolute Gasteiger partial charge is 0.339 e. The third-order valence-electron chi connectivity index (χ3n) is 6.17. The molecule has 1 aromatic heterocycles. The van der Waals surface area contributed by atoms with Gasteiger partial charge in [-0.05, 0) is 42.5 Å². The Morgan fingerprint density at radius 2 is 1.66 bits per heavy atom. The van der Waals surface area contributed by atoms with Crippen LogP contribution in [0.25, 0.3) is 0 Å². The maximum Gasteiger partial charge on any atom is 0.251 e. The number of nitrogens with one attached hydrogen (secondary N) is 2. The number of nitrogens with zero attached hydrogens (tertiary/aromatic N) is 2. The van der Waals surface area contributed by atoms with Crippen molar-refractivity contribution in [3.05, 3.63) is 82.0 Å². The van der Waals surface area contributed by atoms with E-state index < -0.39 is 6.04 Å². The molecule has 0 saturated carbocycles. The molecule has 2 aromatic carbocycles. The second-order valence-corrected chi connectivity index (χ2v) is 9.63. The Morgan fingerprint density at radius 1 is 1.03 bits per heavy atom. The first-order chi connectivity index (χ1) is 15.1. The van der Waals surface area contributed by atoms with Crippen LogP contribution >= 0.6 is 0 Å². The van der Waals surface area contributed by atoms with Gasteiger partial charge < -0.3 is 10.6 Å². The number of fused-ring (bicyclic) bond motifs is 1. The molecule has 0 saturated heterocycles. The molecular formula is C26H30N4O2. The standard InChI is InChI=1S/C26H30N4O2/c1-15-7-9-18(10-8-15)24(31)27-22-21(17-11-13-19(14-12-17)26(3,4)5)20-16(2)29-30(6)23(20)28-25(22)32/h7-14,21-22H,1-6H3,(H,27,31)(H,28,32)/t21-,22+/m1/s1. The van der Waals surface area contributed by atoms with Crippen LogP contribution in [0.15, 0.2) is 48.5 Å². The molecule has 6 nitrogen and oxygen atoms in total. The zero-order valence-corrected chi connectivity index (χ0v) is 19.5. The summed E-state index contributed by atoms with van der Waals surface area (Å²) in [5.74, 6) is -0.175. The minimum atomic E-state index is -0.750. The SMILES string of the molecule is Cc1ccc(C(=O)N[C@@H]2C(=O)Nc3c(c(C)nn3C)[C@H]2c2ccc(C(C)(C)C)cc2)cc1. The molecule has 6 heteroatoms. The summed E-state index contributed by atoms with van der Waals surface area (Å²) in [6, 6.07) is 14.9. The van der Waals surface area contributed by atoms with E-state index >= 15 is 0 Å². The summed E-state index contributed by atoms with van der Waals surface area (Å²) in [4.78, 5) is 26.2. The molecule has 2 N–H and O–H groups in total. The topological polar surface area (TPSA) is 76.0 Å². The van der Waals surface area contributed by atoms with E-state index in [4.69, 9.17) is 0 Å². The van der Waals surface area contributed by atoms with Crippen LogP contribution < -0.4 is 10.6 Å². The molecule has 166 valence electrons. The number of aromatic nitrogens is 2. The van der Waals surface area contributed by atoms with Gasteiger partial charge in [-0.2, -0.15) is 5.10 Å². The summed E-state index contributed by atoms with van der Waals surface area (Å²) in [6.07, 6.45) is 0. The van der Waals surface area contributed by atoms with Crippen molar-refractivity contribution in [2.45, 2.75) is 52.0 Å². The van der Waals surface area contributed by atoms with Gasteiger partial charge in [0, 0.05) is 24.1 Å². The van der Waals surface area contributed by atoms with Gasteiger partial charge in [0.15, 0.2) is 0 Å². The van der Waals surface area contributed by atoms with Gasteiger partial charge in [0.05, 0.1) is 5.69 Å². The van der Waals surface area contributed by atoms with Crippen LogP contribution in [0.5, 0.6) is 0 Å². The van der Waals surface area contributed by atoms with E-state index in [0.29, 0.717) is 11.4 Å². The molecule has 2 heterocycles. The van der Waals surface area contributed by atoms with Crippen molar-refractivity contribution in [3.63, 3.8) is 0 Å². The molecule has 4 rings (SSSR count). The Balaban J connectivity index is 1.77. The average molecular weight is 431 g/mol. The van der Waals surface area contributed by atoms with Crippen molar-refractivity contribution < 1.29 is 9.59 Å². The maximum atomic E-state index is 13.2. The number of hydrogen-bond acceptors (Lipinski definition) is 3. The third kappa shape index (κ3) is 3.93. The van der Waals surface area contributed by atoms with E-state index in [1.807, 2.05) is 33.0 Å². The van der Waals surface area contributed by atoms with Gasteiger partial charge in [0.25, 0.3) is 5.91 Å². The zero-order chi connectivity index (χ0) is 23.2. The maximum absolute atomic E-state index is 13.2. The van der Waals surface area contributed by atoms with Gasteiger partial charge in [-0.3, -0.25) is 14.3 Å². The predicted molar refractivity (Wildman–Crippen MR) is 126 cm³/mol. The fraction of sp³-hybridized carbons (Fsp3) is 0.346. The number of amides is 2. The van der Waals surface area contributed by atoms with Crippen LogP contribution in [0.3, 0.4) is 0 Å². The van der Waals surface area contributed by atoms with Gasteiger partial charge in [0.1, 0.15) is 11.9 Å². The molecule has 0 aliphatic carbocycles. The van der Waals surface area contributed by atoms with Crippen LogP contribution in [-0.2, 0) is 17.3 Å². The lowest BCUT2D eigenvalue weighted by molar-refractivity contribution is -0.118. The molecule has 0 unspecified atom stereocenters. The molecule has 0 bridgehead atoms. The Morgan fingerprint density at radius 3 is 2.25 bits per heavy atom. The fourth-order valence-corrected chi connectivity index (χ4v) is 4.34. The predicted octanol–water partition coefficient (Wildman–Crippen LogP) is 4.22. The molecule has 32 heavy (non-hydrogen) atoms. The number of hydrogen-bond donors (Lipinski definition) is 2. The number of carbonyl (C=O) groups is 2. The van der Waals surface area contributed by atoms with E-state index in [1.54, 1.807) is 16.8 Å². The number of rotatable bonds is 3. The number of carbonyl (C=O) groups excluding carboxylic acids is 2. The van der Waals surface area contributed by atoms with Gasteiger partial charge in [0.2, 0.25) is 5.91 Å². The van der Waals surface area contributed by atoms with Crippen molar-refractivity contribution in [1.29, 1.82) is 0 Å².